The second-order valence-corrected chi connectivity index (χ2v) is 5.43. The Labute approximate surface area is 128 Å². The van der Waals surface area contributed by atoms with Gasteiger partial charge in [0.25, 0.3) is 5.91 Å². The van der Waals surface area contributed by atoms with Crippen LogP contribution in [0.1, 0.15) is 42.0 Å². The first-order chi connectivity index (χ1) is 10.6. The van der Waals surface area contributed by atoms with Gasteiger partial charge in [0.1, 0.15) is 11.4 Å². The molecule has 0 spiro atoms. The molecule has 2 N–H and O–H groups in total. The maximum atomic E-state index is 12.2. The quantitative estimate of drug-likeness (QED) is 0.885. The number of aliphatic hydroxyl groups excluding tert-OH is 1. The summed E-state index contributed by atoms with van der Waals surface area (Å²) in [5, 5.41) is 16.9. The average Bonchev–Trinajstić information content (AvgIpc) is 3.21. The Hall–Kier alpha value is -2.34. The largest absolute Gasteiger partial charge is 0.497 e. The Morgan fingerprint density at radius 2 is 2.09 bits per heavy atom. The van der Waals surface area contributed by atoms with E-state index in [1.54, 1.807) is 26.2 Å². The van der Waals surface area contributed by atoms with Crippen LogP contribution >= 0.6 is 0 Å². The van der Waals surface area contributed by atoms with E-state index >= 15 is 0 Å². The Balaban J connectivity index is 1.96. The van der Waals surface area contributed by atoms with Crippen molar-refractivity contribution in [3.05, 3.63) is 35.6 Å². The fourth-order valence-electron chi connectivity index (χ4n) is 2.28. The van der Waals surface area contributed by atoms with Gasteiger partial charge in [-0.1, -0.05) is 5.16 Å². The second kappa shape index (κ2) is 5.81. The summed E-state index contributed by atoms with van der Waals surface area (Å²) in [6, 6.07) is 7.42. The molecule has 1 heterocycles. The third kappa shape index (κ3) is 2.82. The van der Waals surface area contributed by atoms with Gasteiger partial charge < -0.3 is 19.7 Å². The Morgan fingerprint density at radius 1 is 1.41 bits per heavy atom. The van der Waals surface area contributed by atoms with E-state index in [0.717, 1.165) is 24.2 Å². The number of hydrogen-bond donors (Lipinski definition) is 2. The number of nitrogens with one attached hydrogen (secondary N) is 1. The Bertz CT molecular complexity index is 672. The molecular weight excluding hydrogens is 284 g/mol. The monoisotopic (exact) mass is 302 g/mol. The molecule has 1 unspecified atom stereocenters. The summed E-state index contributed by atoms with van der Waals surface area (Å²) in [5.41, 5.74) is 1.63. The number of nitrogens with zero attached hydrogens (tertiary/aromatic N) is 1. The van der Waals surface area contributed by atoms with Crippen LogP contribution in [0.25, 0.3) is 11.3 Å². The van der Waals surface area contributed by atoms with Crippen LogP contribution in [0.4, 0.5) is 0 Å². The summed E-state index contributed by atoms with van der Waals surface area (Å²) in [7, 11) is 1.59. The molecular formula is C16H18N2O4. The van der Waals surface area contributed by atoms with Crippen molar-refractivity contribution in [2.75, 3.05) is 7.11 Å². The van der Waals surface area contributed by atoms with Gasteiger partial charge in [-0.3, -0.25) is 4.79 Å². The van der Waals surface area contributed by atoms with Gasteiger partial charge in [0.05, 0.1) is 18.8 Å². The normalized spacial score (nSPS) is 15.4. The van der Waals surface area contributed by atoms with Gasteiger partial charge in [-0.05, 0) is 44.0 Å². The molecule has 3 rings (SSSR count). The van der Waals surface area contributed by atoms with E-state index in [1.165, 1.54) is 0 Å². The van der Waals surface area contributed by atoms with Gasteiger partial charge in [-0.25, -0.2) is 0 Å². The smallest absolute Gasteiger partial charge is 0.290 e. The molecule has 6 nitrogen and oxygen atoms in total. The first kappa shape index (κ1) is 14.6. The van der Waals surface area contributed by atoms with Gasteiger partial charge in [0.2, 0.25) is 5.76 Å². The van der Waals surface area contributed by atoms with Crippen molar-refractivity contribution < 1.29 is 19.2 Å². The van der Waals surface area contributed by atoms with E-state index < -0.39 is 6.10 Å². The molecule has 0 bridgehead atoms. The minimum atomic E-state index is -0.858. The highest BCUT2D eigenvalue weighted by molar-refractivity contribution is 5.95. The number of aliphatic hydroxyl groups is 1. The van der Waals surface area contributed by atoms with E-state index in [1.807, 2.05) is 12.1 Å². The van der Waals surface area contributed by atoms with Crippen molar-refractivity contribution in [1.82, 2.24) is 10.5 Å². The van der Waals surface area contributed by atoms with Gasteiger partial charge in [0, 0.05) is 11.6 Å². The number of aromatic nitrogens is 1. The molecule has 1 fully saturated rings. The van der Waals surface area contributed by atoms with Crippen LogP contribution in [0.2, 0.25) is 0 Å². The topological polar surface area (TPSA) is 84.6 Å². The molecule has 1 aromatic carbocycles. The summed E-state index contributed by atoms with van der Waals surface area (Å²) >= 11 is 0. The highest BCUT2D eigenvalue weighted by Crippen LogP contribution is 2.32. The van der Waals surface area contributed by atoms with Crippen LogP contribution in [-0.2, 0) is 0 Å². The number of hydrogen-bond acceptors (Lipinski definition) is 5. The molecule has 2 aromatic rings. The standard InChI is InChI=1S/C16H18N2O4/c1-9(19)13-14(10-3-7-12(21-2)8-4-10)18-22-15(13)16(20)17-11-5-6-11/h3-4,7-9,11,19H,5-6H2,1-2H3,(H,17,20). The summed E-state index contributed by atoms with van der Waals surface area (Å²) in [6.45, 7) is 1.59. The van der Waals surface area contributed by atoms with Crippen LogP contribution in [-0.4, -0.2) is 29.3 Å². The van der Waals surface area contributed by atoms with E-state index in [9.17, 15) is 9.90 Å². The lowest BCUT2D eigenvalue weighted by Crippen LogP contribution is -2.26. The zero-order valence-electron chi connectivity index (χ0n) is 12.5. The lowest BCUT2D eigenvalue weighted by Gasteiger charge is -2.07. The number of ether oxygens (including phenoxy) is 1. The van der Waals surface area contributed by atoms with Crippen LogP contribution in [0.3, 0.4) is 0 Å². The highest BCUT2D eigenvalue weighted by Gasteiger charge is 2.30. The molecule has 1 aliphatic rings. The van der Waals surface area contributed by atoms with E-state index in [4.69, 9.17) is 9.26 Å². The van der Waals surface area contributed by atoms with Crippen LogP contribution in [0.15, 0.2) is 28.8 Å². The van der Waals surface area contributed by atoms with Gasteiger partial charge in [0.15, 0.2) is 0 Å². The molecule has 6 heteroatoms. The van der Waals surface area contributed by atoms with Crippen molar-refractivity contribution in [2.24, 2.45) is 0 Å². The van der Waals surface area contributed by atoms with Crippen molar-refractivity contribution in [1.29, 1.82) is 0 Å². The molecule has 0 radical (unpaired) electrons. The number of carbonyl (C=O) groups excluding carboxylic acids is 1. The third-order valence-corrected chi connectivity index (χ3v) is 3.63. The van der Waals surface area contributed by atoms with Crippen molar-refractivity contribution in [3.63, 3.8) is 0 Å². The zero-order chi connectivity index (χ0) is 15.7. The zero-order valence-corrected chi connectivity index (χ0v) is 12.5. The molecule has 1 saturated carbocycles. The molecule has 116 valence electrons. The fourth-order valence-corrected chi connectivity index (χ4v) is 2.28. The molecule has 1 atom stereocenters. The number of methoxy groups -OCH3 is 1. The third-order valence-electron chi connectivity index (χ3n) is 3.63. The van der Waals surface area contributed by atoms with Crippen LogP contribution in [0, 0.1) is 0 Å². The van der Waals surface area contributed by atoms with Crippen LogP contribution in [0.5, 0.6) is 5.75 Å². The minimum absolute atomic E-state index is 0.0766. The predicted molar refractivity (Wildman–Crippen MR) is 79.6 cm³/mol. The number of carbonyl (C=O) groups is 1. The number of amides is 1. The maximum Gasteiger partial charge on any atom is 0.290 e. The molecule has 0 saturated heterocycles. The van der Waals surface area contributed by atoms with Gasteiger partial charge in [-0.2, -0.15) is 0 Å². The van der Waals surface area contributed by atoms with Crippen molar-refractivity contribution in [2.45, 2.75) is 31.9 Å². The molecule has 1 amide bonds. The van der Waals surface area contributed by atoms with Gasteiger partial charge in [-0.15, -0.1) is 0 Å². The van der Waals surface area contributed by atoms with E-state index in [-0.39, 0.29) is 17.7 Å². The molecule has 22 heavy (non-hydrogen) atoms. The van der Waals surface area contributed by atoms with Crippen molar-refractivity contribution >= 4 is 5.91 Å². The summed E-state index contributed by atoms with van der Waals surface area (Å²) < 4.78 is 10.3. The maximum absolute atomic E-state index is 12.2. The number of rotatable bonds is 5. The summed E-state index contributed by atoms with van der Waals surface area (Å²) in [5.74, 6) is 0.468. The second-order valence-electron chi connectivity index (χ2n) is 5.43. The lowest BCUT2D eigenvalue weighted by atomic mass is 10.0. The lowest BCUT2D eigenvalue weighted by molar-refractivity contribution is 0.0905. The number of benzene rings is 1. The van der Waals surface area contributed by atoms with Gasteiger partial charge >= 0.3 is 0 Å². The average molecular weight is 302 g/mol. The Kier molecular flexibility index (Phi) is 3.85. The summed E-state index contributed by atoms with van der Waals surface area (Å²) in [6.07, 6.45) is 1.10. The minimum Gasteiger partial charge on any atom is -0.497 e. The molecule has 1 aliphatic carbocycles. The fraction of sp³-hybridized carbons (Fsp3) is 0.375. The van der Waals surface area contributed by atoms with Crippen molar-refractivity contribution in [3.8, 4) is 17.0 Å². The van der Waals surface area contributed by atoms with E-state index in [0.29, 0.717) is 11.3 Å². The first-order valence-corrected chi connectivity index (χ1v) is 7.23. The Morgan fingerprint density at radius 3 is 2.64 bits per heavy atom. The SMILES string of the molecule is COc1ccc(-c2noc(C(=O)NC3CC3)c2C(C)O)cc1. The van der Waals surface area contributed by atoms with E-state index in [2.05, 4.69) is 10.5 Å². The molecule has 1 aromatic heterocycles. The highest BCUT2D eigenvalue weighted by atomic mass is 16.5. The summed E-state index contributed by atoms with van der Waals surface area (Å²) in [4.78, 5) is 12.2. The van der Waals surface area contributed by atoms with Crippen LogP contribution < -0.4 is 10.1 Å². The molecule has 0 aliphatic heterocycles. The predicted octanol–water partition coefficient (Wildman–Crippen LogP) is 2.30. The first-order valence-electron chi connectivity index (χ1n) is 7.23.